The van der Waals surface area contributed by atoms with Crippen LogP contribution in [-0.2, 0) is 13.0 Å². The van der Waals surface area contributed by atoms with Gasteiger partial charge in [-0.2, -0.15) is 12.6 Å². The van der Waals surface area contributed by atoms with Gasteiger partial charge in [0.25, 0.3) is 0 Å². The normalized spacial score (nSPS) is 11.1. The number of imidazole rings is 1. The summed E-state index contributed by atoms with van der Waals surface area (Å²) < 4.78 is 7.51. The highest BCUT2D eigenvalue weighted by Gasteiger charge is 2.10. The first-order chi connectivity index (χ1) is 8.80. The number of aliphatic hydroxyl groups is 1. The molecular weight excluding hydrogens is 248 g/mol. The summed E-state index contributed by atoms with van der Waals surface area (Å²) in [6.07, 6.45) is 0.793. The molecule has 0 spiro atoms. The van der Waals surface area contributed by atoms with Crippen LogP contribution in [0.15, 0.2) is 18.2 Å². The molecule has 0 saturated carbocycles. The average Bonchev–Trinajstić information content (AvgIpc) is 2.68. The van der Waals surface area contributed by atoms with E-state index in [1.54, 1.807) is 0 Å². The topological polar surface area (TPSA) is 47.3 Å². The highest BCUT2D eigenvalue weighted by atomic mass is 32.1. The summed E-state index contributed by atoms with van der Waals surface area (Å²) in [4.78, 5) is 4.59. The first-order valence-electron chi connectivity index (χ1n) is 6.13. The Balaban J connectivity index is 2.46. The molecule has 1 heterocycles. The second-order valence-corrected chi connectivity index (χ2v) is 4.41. The largest absolute Gasteiger partial charge is 0.494 e. The Hall–Kier alpha value is -1.20. The summed E-state index contributed by atoms with van der Waals surface area (Å²) in [7, 11) is 0. The molecule has 4 nitrogen and oxygen atoms in total. The number of nitrogens with zero attached hydrogens (tertiary/aromatic N) is 2. The number of aryl methyl sites for hydroxylation is 1. The van der Waals surface area contributed by atoms with Gasteiger partial charge >= 0.3 is 0 Å². The van der Waals surface area contributed by atoms with Gasteiger partial charge in [-0.25, -0.2) is 4.98 Å². The van der Waals surface area contributed by atoms with Crippen molar-refractivity contribution in [1.29, 1.82) is 0 Å². The highest BCUT2D eigenvalue weighted by molar-refractivity contribution is 7.80. The Morgan fingerprint density at radius 2 is 2.28 bits per heavy atom. The minimum atomic E-state index is 0.109. The number of hydrogen-bond donors (Lipinski definition) is 2. The molecule has 0 fully saturated rings. The molecule has 0 saturated heterocycles. The minimum absolute atomic E-state index is 0.109. The molecule has 0 amide bonds. The van der Waals surface area contributed by atoms with Gasteiger partial charge in [-0.15, -0.1) is 0 Å². The lowest BCUT2D eigenvalue weighted by Crippen LogP contribution is -2.07. The number of thiol groups is 1. The van der Waals surface area contributed by atoms with Crippen LogP contribution in [0.5, 0.6) is 5.75 Å². The molecule has 0 aliphatic rings. The van der Waals surface area contributed by atoms with E-state index in [1.165, 1.54) is 0 Å². The molecular formula is C13H18N2O2S. The first-order valence-corrected chi connectivity index (χ1v) is 6.77. The second kappa shape index (κ2) is 6.11. The van der Waals surface area contributed by atoms with Crippen molar-refractivity contribution >= 4 is 23.7 Å². The molecule has 5 heteroatoms. The van der Waals surface area contributed by atoms with E-state index in [0.717, 1.165) is 34.8 Å². The third-order valence-electron chi connectivity index (χ3n) is 2.77. The smallest absolute Gasteiger partial charge is 0.121 e. The Kier molecular flexibility index (Phi) is 4.49. The molecule has 98 valence electrons. The van der Waals surface area contributed by atoms with Crippen LogP contribution in [0.2, 0.25) is 0 Å². The Bertz CT molecular complexity index is 525. The van der Waals surface area contributed by atoms with Crippen LogP contribution >= 0.6 is 12.6 Å². The number of rotatable bonds is 6. The van der Waals surface area contributed by atoms with E-state index in [2.05, 4.69) is 17.6 Å². The van der Waals surface area contributed by atoms with Crippen molar-refractivity contribution in [2.45, 2.75) is 19.9 Å². The van der Waals surface area contributed by atoms with E-state index in [4.69, 9.17) is 9.84 Å². The predicted molar refractivity (Wildman–Crippen MR) is 75.5 cm³/mol. The summed E-state index contributed by atoms with van der Waals surface area (Å²) in [6, 6.07) is 5.87. The zero-order chi connectivity index (χ0) is 13.0. The molecule has 0 unspecified atom stereocenters. The molecule has 0 radical (unpaired) electrons. The molecule has 0 aliphatic heterocycles. The molecule has 0 aliphatic carbocycles. The lowest BCUT2D eigenvalue weighted by molar-refractivity contribution is 0.276. The maximum Gasteiger partial charge on any atom is 0.121 e. The zero-order valence-corrected chi connectivity index (χ0v) is 11.4. The highest BCUT2D eigenvalue weighted by Crippen LogP contribution is 2.22. The van der Waals surface area contributed by atoms with E-state index < -0.39 is 0 Å². The minimum Gasteiger partial charge on any atom is -0.494 e. The summed E-state index contributed by atoms with van der Waals surface area (Å²) in [6.45, 7) is 3.28. The van der Waals surface area contributed by atoms with E-state index >= 15 is 0 Å². The van der Waals surface area contributed by atoms with Gasteiger partial charge in [-0.1, -0.05) is 0 Å². The van der Waals surface area contributed by atoms with Crippen molar-refractivity contribution < 1.29 is 9.84 Å². The fourth-order valence-electron chi connectivity index (χ4n) is 2.06. The van der Waals surface area contributed by atoms with Crippen LogP contribution in [0.3, 0.4) is 0 Å². The van der Waals surface area contributed by atoms with Crippen molar-refractivity contribution in [1.82, 2.24) is 9.55 Å². The van der Waals surface area contributed by atoms with Gasteiger partial charge in [0.15, 0.2) is 0 Å². The monoisotopic (exact) mass is 266 g/mol. The molecule has 2 aromatic rings. The Morgan fingerprint density at radius 3 is 2.94 bits per heavy atom. The number of aliphatic hydroxyl groups excluding tert-OH is 1. The fourth-order valence-corrected chi connectivity index (χ4v) is 2.26. The van der Waals surface area contributed by atoms with Crippen LogP contribution in [0, 0.1) is 0 Å². The summed E-state index contributed by atoms with van der Waals surface area (Å²) in [5.74, 6) is 2.53. The average molecular weight is 266 g/mol. The molecule has 0 atom stereocenters. The predicted octanol–water partition coefficient (Wildman–Crippen LogP) is 1.90. The zero-order valence-electron chi connectivity index (χ0n) is 10.5. The van der Waals surface area contributed by atoms with Gasteiger partial charge in [0.1, 0.15) is 11.6 Å². The molecule has 2 rings (SSSR count). The third kappa shape index (κ3) is 2.62. The Labute approximate surface area is 112 Å². The van der Waals surface area contributed by atoms with Gasteiger partial charge in [0.2, 0.25) is 0 Å². The van der Waals surface area contributed by atoms with E-state index in [-0.39, 0.29) is 6.61 Å². The van der Waals surface area contributed by atoms with Crippen LogP contribution in [-0.4, -0.2) is 33.6 Å². The van der Waals surface area contributed by atoms with Gasteiger partial charge in [0.05, 0.1) is 24.2 Å². The quantitative estimate of drug-likeness (QED) is 0.785. The number of hydrogen-bond acceptors (Lipinski definition) is 4. The number of ether oxygens (including phenoxy) is 1. The van der Waals surface area contributed by atoms with Gasteiger partial charge < -0.3 is 14.4 Å². The van der Waals surface area contributed by atoms with Gasteiger partial charge in [-0.05, 0) is 24.8 Å². The molecule has 1 aromatic heterocycles. The van der Waals surface area contributed by atoms with Crippen LogP contribution in [0.4, 0.5) is 0 Å². The number of aromatic nitrogens is 2. The van der Waals surface area contributed by atoms with Crippen LogP contribution in [0.1, 0.15) is 12.7 Å². The van der Waals surface area contributed by atoms with Crippen molar-refractivity contribution in [2.24, 2.45) is 0 Å². The first kappa shape index (κ1) is 13.2. The number of fused-ring (bicyclic) bond motifs is 1. The number of benzene rings is 1. The van der Waals surface area contributed by atoms with E-state index in [0.29, 0.717) is 13.2 Å². The van der Waals surface area contributed by atoms with Gasteiger partial charge in [-0.3, -0.25) is 0 Å². The maximum atomic E-state index is 9.14. The summed E-state index contributed by atoms with van der Waals surface area (Å²) in [5, 5.41) is 9.14. The standard InChI is InChI=1S/C13H18N2O2S/c1-2-17-10-3-4-12-11(9-10)14-13(5-8-18)15(12)6-7-16/h3-4,9,16,18H,2,5-8H2,1H3. The van der Waals surface area contributed by atoms with Crippen molar-refractivity contribution in [2.75, 3.05) is 19.0 Å². The molecule has 0 bridgehead atoms. The lowest BCUT2D eigenvalue weighted by Gasteiger charge is -2.06. The fraction of sp³-hybridized carbons (Fsp3) is 0.462. The van der Waals surface area contributed by atoms with Crippen molar-refractivity contribution in [3.8, 4) is 5.75 Å². The third-order valence-corrected chi connectivity index (χ3v) is 2.99. The van der Waals surface area contributed by atoms with Crippen molar-refractivity contribution in [3.63, 3.8) is 0 Å². The van der Waals surface area contributed by atoms with Crippen LogP contribution in [0.25, 0.3) is 11.0 Å². The lowest BCUT2D eigenvalue weighted by atomic mass is 10.3. The van der Waals surface area contributed by atoms with Crippen molar-refractivity contribution in [3.05, 3.63) is 24.0 Å². The molecule has 1 aromatic carbocycles. The summed E-state index contributed by atoms with van der Waals surface area (Å²) >= 11 is 4.24. The van der Waals surface area contributed by atoms with Crippen LogP contribution < -0.4 is 4.74 Å². The molecule has 1 N–H and O–H groups in total. The summed E-state index contributed by atoms with van der Waals surface area (Å²) in [5.41, 5.74) is 1.94. The van der Waals surface area contributed by atoms with E-state index in [9.17, 15) is 0 Å². The maximum absolute atomic E-state index is 9.14. The molecule has 18 heavy (non-hydrogen) atoms. The van der Waals surface area contributed by atoms with Gasteiger partial charge in [0, 0.05) is 19.0 Å². The van der Waals surface area contributed by atoms with E-state index in [1.807, 2.05) is 29.7 Å². The second-order valence-electron chi connectivity index (χ2n) is 3.96. The Morgan fingerprint density at radius 1 is 1.44 bits per heavy atom. The SMILES string of the molecule is CCOc1ccc2c(c1)nc(CCS)n2CCO.